The van der Waals surface area contributed by atoms with E-state index in [1.807, 2.05) is 31.7 Å². The van der Waals surface area contributed by atoms with Crippen LogP contribution in [0.5, 0.6) is 0 Å². The second-order valence-corrected chi connectivity index (χ2v) is 5.59. The van der Waals surface area contributed by atoms with Gasteiger partial charge in [-0.2, -0.15) is 5.10 Å². The summed E-state index contributed by atoms with van der Waals surface area (Å²) in [6.45, 7) is 1.64. The van der Waals surface area contributed by atoms with E-state index in [2.05, 4.69) is 31.3 Å². The largest absolute Gasteiger partial charge is 0.387 e. The van der Waals surface area contributed by atoms with Crippen LogP contribution in [0.4, 0.5) is 5.69 Å². The van der Waals surface area contributed by atoms with Crippen LogP contribution < -0.4 is 5.32 Å². The third-order valence-corrected chi connectivity index (χ3v) is 4.31. The van der Waals surface area contributed by atoms with Crippen molar-refractivity contribution in [2.45, 2.75) is 18.9 Å². The molecule has 22 heavy (non-hydrogen) atoms. The lowest BCUT2D eigenvalue weighted by molar-refractivity contribution is 0.0662. The van der Waals surface area contributed by atoms with Gasteiger partial charge < -0.3 is 15.0 Å². The predicted molar refractivity (Wildman–Crippen MR) is 86.0 cm³/mol. The molecule has 1 fully saturated rings. The SMILES string of the molecule is CNc1c(-c2cnn(C3CCOCC3)c2)cnc2[nH]ccc12. The lowest BCUT2D eigenvalue weighted by Crippen LogP contribution is -2.19. The van der Waals surface area contributed by atoms with E-state index in [-0.39, 0.29) is 0 Å². The molecule has 0 amide bonds. The quantitative estimate of drug-likeness (QED) is 0.780. The van der Waals surface area contributed by atoms with Gasteiger partial charge >= 0.3 is 0 Å². The molecular weight excluding hydrogens is 278 g/mol. The number of aromatic nitrogens is 4. The number of fused-ring (bicyclic) bond motifs is 1. The van der Waals surface area contributed by atoms with E-state index in [0.717, 1.165) is 53.9 Å². The van der Waals surface area contributed by atoms with Crippen molar-refractivity contribution in [1.29, 1.82) is 0 Å². The first kappa shape index (κ1) is 13.3. The number of hydrogen-bond acceptors (Lipinski definition) is 4. The van der Waals surface area contributed by atoms with Crippen LogP contribution in [-0.2, 0) is 4.74 Å². The molecular formula is C16H19N5O. The molecule has 6 nitrogen and oxygen atoms in total. The van der Waals surface area contributed by atoms with Crippen LogP contribution in [0.25, 0.3) is 22.2 Å². The van der Waals surface area contributed by atoms with Crippen LogP contribution in [0.15, 0.2) is 30.9 Å². The molecule has 0 aliphatic carbocycles. The molecule has 0 atom stereocenters. The maximum atomic E-state index is 5.42. The second-order valence-electron chi connectivity index (χ2n) is 5.59. The molecule has 0 unspecified atom stereocenters. The highest BCUT2D eigenvalue weighted by atomic mass is 16.5. The third kappa shape index (κ3) is 2.16. The lowest BCUT2D eigenvalue weighted by Gasteiger charge is -2.22. The summed E-state index contributed by atoms with van der Waals surface area (Å²) in [6.07, 6.45) is 9.89. The fourth-order valence-electron chi connectivity index (χ4n) is 3.12. The number of nitrogens with one attached hydrogen (secondary N) is 2. The van der Waals surface area contributed by atoms with Gasteiger partial charge in [0.25, 0.3) is 0 Å². The Morgan fingerprint density at radius 3 is 3.00 bits per heavy atom. The molecule has 3 aromatic rings. The fourth-order valence-corrected chi connectivity index (χ4v) is 3.12. The van der Waals surface area contributed by atoms with Gasteiger partial charge in [0.1, 0.15) is 5.65 Å². The van der Waals surface area contributed by atoms with E-state index in [1.165, 1.54) is 0 Å². The topological polar surface area (TPSA) is 67.8 Å². The second kappa shape index (κ2) is 5.46. The Hall–Kier alpha value is -2.34. The number of H-pyrrole nitrogens is 1. The smallest absolute Gasteiger partial charge is 0.139 e. The van der Waals surface area contributed by atoms with E-state index >= 15 is 0 Å². The number of hydrogen-bond donors (Lipinski definition) is 2. The average molecular weight is 297 g/mol. The van der Waals surface area contributed by atoms with Crippen molar-refractivity contribution in [2.24, 2.45) is 0 Å². The molecule has 0 saturated carbocycles. The molecule has 1 aliphatic heterocycles. The first-order valence-electron chi connectivity index (χ1n) is 7.63. The Labute approximate surface area is 128 Å². The molecule has 114 valence electrons. The predicted octanol–water partition coefficient (Wildman–Crippen LogP) is 2.82. The Morgan fingerprint density at radius 1 is 1.32 bits per heavy atom. The molecule has 4 heterocycles. The van der Waals surface area contributed by atoms with Crippen molar-refractivity contribution in [3.63, 3.8) is 0 Å². The van der Waals surface area contributed by atoms with Crippen LogP contribution in [0.3, 0.4) is 0 Å². The van der Waals surface area contributed by atoms with Gasteiger partial charge in [-0.25, -0.2) is 4.98 Å². The molecule has 4 rings (SSSR count). The minimum absolute atomic E-state index is 0.435. The Bertz CT molecular complexity index is 785. The van der Waals surface area contributed by atoms with E-state index in [1.54, 1.807) is 0 Å². The zero-order chi connectivity index (χ0) is 14.9. The van der Waals surface area contributed by atoms with Crippen molar-refractivity contribution in [2.75, 3.05) is 25.6 Å². The minimum atomic E-state index is 0.435. The molecule has 1 saturated heterocycles. The summed E-state index contributed by atoms with van der Waals surface area (Å²) < 4.78 is 7.49. The Kier molecular flexibility index (Phi) is 3.31. The molecule has 6 heteroatoms. The normalized spacial score (nSPS) is 16.2. The molecule has 1 aliphatic rings. The summed E-state index contributed by atoms with van der Waals surface area (Å²) in [5.41, 5.74) is 4.14. The van der Waals surface area contributed by atoms with Gasteiger partial charge in [0.05, 0.1) is 17.9 Å². The zero-order valence-electron chi connectivity index (χ0n) is 12.5. The summed E-state index contributed by atoms with van der Waals surface area (Å²) in [7, 11) is 1.94. The van der Waals surface area contributed by atoms with Crippen molar-refractivity contribution in [1.82, 2.24) is 19.7 Å². The summed E-state index contributed by atoms with van der Waals surface area (Å²) in [6, 6.07) is 2.48. The molecule has 0 aromatic carbocycles. The van der Waals surface area contributed by atoms with Crippen LogP contribution >= 0.6 is 0 Å². The molecule has 3 aromatic heterocycles. The van der Waals surface area contributed by atoms with E-state index in [4.69, 9.17) is 4.74 Å². The Morgan fingerprint density at radius 2 is 2.18 bits per heavy atom. The monoisotopic (exact) mass is 297 g/mol. The van der Waals surface area contributed by atoms with Gasteiger partial charge in [-0.3, -0.25) is 4.68 Å². The molecule has 2 N–H and O–H groups in total. The van der Waals surface area contributed by atoms with Crippen molar-refractivity contribution >= 4 is 16.7 Å². The average Bonchev–Trinajstić information content (AvgIpc) is 3.23. The van der Waals surface area contributed by atoms with Crippen molar-refractivity contribution in [3.8, 4) is 11.1 Å². The number of rotatable bonds is 3. The summed E-state index contributed by atoms with van der Waals surface area (Å²) >= 11 is 0. The molecule has 0 spiro atoms. The van der Waals surface area contributed by atoms with Crippen molar-refractivity contribution < 1.29 is 4.74 Å². The lowest BCUT2D eigenvalue weighted by atomic mass is 10.1. The third-order valence-electron chi connectivity index (χ3n) is 4.31. The van der Waals surface area contributed by atoms with Crippen LogP contribution in [0.2, 0.25) is 0 Å². The first-order valence-corrected chi connectivity index (χ1v) is 7.63. The fraction of sp³-hybridized carbons (Fsp3) is 0.375. The standard InChI is InChI=1S/C16H19N5O/c1-17-15-13-2-5-18-16(13)19-9-14(15)11-8-20-21(10-11)12-3-6-22-7-4-12/h2,5,8-10,12H,3-4,6-7H2,1H3,(H2,17,18,19). The summed E-state index contributed by atoms with van der Waals surface area (Å²) in [5, 5.41) is 8.95. The van der Waals surface area contributed by atoms with Crippen LogP contribution in [-0.4, -0.2) is 40.0 Å². The number of anilines is 1. The van der Waals surface area contributed by atoms with Crippen molar-refractivity contribution in [3.05, 3.63) is 30.9 Å². The summed E-state index contributed by atoms with van der Waals surface area (Å²) in [5.74, 6) is 0. The van der Waals surface area contributed by atoms with E-state index < -0.39 is 0 Å². The van der Waals surface area contributed by atoms with Gasteiger partial charge in [-0.1, -0.05) is 0 Å². The molecule has 0 bridgehead atoms. The summed E-state index contributed by atoms with van der Waals surface area (Å²) in [4.78, 5) is 7.64. The highest BCUT2D eigenvalue weighted by Crippen LogP contribution is 2.33. The Balaban J connectivity index is 1.74. The maximum Gasteiger partial charge on any atom is 0.139 e. The number of nitrogens with zero attached hydrogens (tertiary/aromatic N) is 3. The van der Waals surface area contributed by atoms with Gasteiger partial charge in [-0.05, 0) is 18.9 Å². The highest BCUT2D eigenvalue weighted by molar-refractivity contribution is 5.97. The highest BCUT2D eigenvalue weighted by Gasteiger charge is 2.18. The van der Waals surface area contributed by atoms with Crippen LogP contribution in [0.1, 0.15) is 18.9 Å². The first-order chi connectivity index (χ1) is 10.9. The van der Waals surface area contributed by atoms with Gasteiger partial charge in [0, 0.05) is 55.4 Å². The van der Waals surface area contributed by atoms with E-state index in [9.17, 15) is 0 Å². The maximum absolute atomic E-state index is 5.42. The number of ether oxygens (including phenoxy) is 1. The molecule has 0 radical (unpaired) electrons. The van der Waals surface area contributed by atoms with Gasteiger partial charge in [0.2, 0.25) is 0 Å². The minimum Gasteiger partial charge on any atom is -0.387 e. The van der Waals surface area contributed by atoms with Gasteiger partial charge in [0.15, 0.2) is 0 Å². The van der Waals surface area contributed by atoms with E-state index in [0.29, 0.717) is 6.04 Å². The zero-order valence-corrected chi connectivity index (χ0v) is 12.5. The van der Waals surface area contributed by atoms with Crippen LogP contribution in [0, 0.1) is 0 Å². The van der Waals surface area contributed by atoms with Gasteiger partial charge in [-0.15, -0.1) is 0 Å². The number of pyridine rings is 1. The number of aromatic amines is 1.